The molecule has 3 aromatic rings. The molecular formula is C19H21BrN6O2. The van der Waals surface area contributed by atoms with Crippen molar-refractivity contribution < 1.29 is 9.59 Å². The van der Waals surface area contributed by atoms with Crippen LogP contribution in [0.5, 0.6) is 0 Å². The summed E-state index contributed by atoms with van der Waals surface area (Å²) in [6.07, 6.45) is 0. The van der Waals surface area contributed by atoms with Crippen molar-refractivity contribution >= 4 is 44.6 Å². The molecule has 0 fully saturated rings. The molecule has 0 aliphatic rings. The van der Waals surface area contributed by atoms with Crippen LogP contribution in [0.15, 0.2) is 46.9 Å². The first kappa shape index (κ1) is 19.8. The number of hydrogen-bond acceptors (Lipinski definition) is 4. The molecule has 9 heteroatoms. The highest BCUT2D eigenvalue weighted by atomic mass is 79.9. The Morgan fingerprint density at radius 3 is 2.71 bits per heavy atom. The molecule has 0 spiro atoms. The first-order chi connectivity index (χ1) is 13.4. The third kappa shape index (κ3) is 4.86. The van der Waals surface area contributed by atoms with Crippen molar-refractivity contribution in [2.45, 2.75) is 26.4 Å². The van der Waals surface area contributed by atoms with Gasteiger partial charge in [0.25, 0.3) is 5.91 Å². The van der Waals surface area contributed by atoms with Gasteiger partial charge in [0, 0.05) is 22.6 Å². The molecule has 0 unspecified atom stereocenters. The fourth-order valence-electron chi connectivity index (χ4n) is 2.63. The summed E-state index contributed by atoms with van der Waals surface area (Å²) in [5.41, 5.74) is 2.67. The topological polar surface area (TPSA) is 101 Å². The van der Waals surface area contributed by atoms with Crippen LogP contribution in [0.1, 0.15) is 24.2 Å². The lowest BCUT2D eigenvalue weighted by Gasteiger charge is -2.09. The molecule has 3 rings (SSSR count). The van der Waals surface area contributed by atoms with Crippen molar-refractivity contribution in [1.29, 1.82) is 0 Å². The van der Waals surface area contributed by atoms with Crippen molar-refractivity contribution in [1.82, 2.24) is 25.6 Å². The van der Waals surface area contributed by atoms with Crippen molar-refractivity contribution in [3.05, 3.63) is 52.5 Å². The van der Waals surface area contributed by atoms with Gasteiger partial charge in [-0.05, 0) is 60.1 Å². The third-order valence-electron chi connectivity index (χ3n) is 3.93. The third-order valence-corrected chi connectivity index (χ3v) is 4.62. The maximum absolute atomic E-state index is 12.1. The van der Waals surface area contributed by atoms with Crippen molar-refractivity contribution in [3.8, 4) is 0 Å². The van der Waals surface area contributed by atoms with Gasteiger partial charge in [0.15, 0.2) is 0 Å². The second-order valence-electron chi connectivity index (χ2n) is 6.50. The first-order valence-electron chi connectivity index (χ1n) is 8.87. The first-order valence-corrected chi connectivity index (χ1v) is 9.67. The summed E-state index contributed by atoms with van der Waals surface area (Å²) in [7, 11) is 0. The van der Waals surface area contributed by atoms with Gasteiger partial charge in [-0.25, -0.2) is 9.48 Å². The lowest BCUT2D eigenvalue weighted by atomic mass is 10.2. The Bertz CT molecular complexity index is 1000. The van der Waals surface area contributed by atoms with Gasteiger partial charge < -0.3 is 16.0 Å². The van der Waals surface area contributed by atoms with E-state index in [1.54, 1.807) is 16.8 Å². The van der Waals surface area contributed by atoms with Crippen LogP contribution >= 0.6 is 15.9 Å². The number of rotatable bonds is 6. The monoisotopic (exact) mass is 444 g/mol. The van der Waals surface area contributed by atoms with Crippen molar-refractivity contribution in [2.75, 3.05) is 11.9 Å². The minimum absolute atomic E-state index is 0.0626. The minimum atomic E-state index is -0.302. The fourth-order valence-corrected chi connectivity index (χ4v) is 3.01. The summed E-state index contributed by atoms with van der Waals surface area (Å²) in [6, 6.07) is 12.4. The van der Waals surface area contributed by atoms with E-state index in [9.17, 15) is 9.59 Å². The summed E-state index contributed by atoms with van der Waals surface area (Å²) in [5.74, 6) is -0.142. The zero-order valence-corrected chi connectivity index (χ0v) is 17.2. The van der Waals surface area contributed by atoms with E-state index < -0.39 is 0 Å². The Morgan fingerprint density at radius 1 is 1.18 bits per heavy atom. The van der Waals surface area contributed by atoms with E-state index in [2.05, 4.69) is 42.2 Å². The van der Waals surface area contributed by atoms with Crippen LogP contribution in [-0.4, -0.2) is 39.5 Å². The number of nitrogens with zero attached hydrogens (tertiary/aromatic N) is 3. The highest BCUT2D eigenvalue weighted by Gasteiger charge is 2.11. The van der Waals surface area contributed by atoms with Crippen molar-refractivity contribution in [2.24, 2.45) is 0 Å². The number of aromatic nitrogens is 3. The number of para-hydroxylation sites is 1. The number of benzene rings is 2. The van der Waals surface area contributed by atoms with E-state index in [4.69, 9.17) is 0 Å². The molecule has 146 valence electrons. The van der Waals surface area contributed by atoms with E-state index >= 15 is 0 Å². The maximum Gasteiger partial charge on any atom is 0.319 e. The molecule has 1 aromatic heterocycles. The quantitative estimate of drug-likeness (QED) is 0.543. The van der Waals surface area contributed by atoms with Crippen LogP contribution in [0.3, 0.4) is 0 Å². The van der Waals surface area contributed by atoms with Gasteiger partial charge in [-0.3, -0.25) is 4.79 Å². The molecular weight excluding hydrogens is 424 g/mol. The van der Waals surface area contributed by atoms with Crippen LogP contribution in [0, 0.1) is 0 Å². The number of halogens is 1. The number of anilines is 1. The average Bonchev–Trinajstić information content (AvgIpc) is 3.05. The molecule has 0 bridgehead atoms. The molecule has 0 radical (unpaired) electrons. The molecule has 0 aliphatic heterocycles. The average molecular weight is 445 g/mol. The van der Waals surface area contributed by atoms with Gasteiger partial charge in [-0.2, -0.15) is 0 Å². The summed E-state index contributed by atoms with van der Waals surface area (Å²) < 4.78 is 2.50. The van der Waals surface area contributed by atoms with Crippen LogP contribution in [0.2, 0.25) is 0 Å². The largest absolute Gasteiger partial charge is 0.350 e. The lowest BCUT2D eigenvalue weighted by Crippen LogP contribution is -2.31. The van der Waals surface area contributed by atoms with Gasteiger partial charge in [-0.1, -0.05) is 17.3 Å². The second kappa shape index (κ2) is 8.83. The highest BCUT2D eigenvalue weighted by molar-refractivity contribution is 9.10. The van der Waals surface area contributed by atoms with E-state index in [1.165, 1.54) is 0 Å². The summed E-state index contributed by atoms with van der Waals surface area (Å²) in [4.78, 5) is 24.1. The van der Waals surface area contributed by atoms with E-state index in [0.717, 1.165) is 9.99 Å². The molecule has 0 saturated heterocycles. The predicted octanol–water partition coefficient (Wildman–Crippen LogP) is 3.15. The normalized spacial score (nSPS) is 10.9. The molecule has 8 nitrogen and oxygen atoms in total. The van der Waals surface area contributed by atoms with Crippen LogP contribution < -0.4 is 16.0 Å². The summed E-state index contributed by atoms with van der Waals surface area (Å²) in [5, 5.41) is 16.6. The number of amides is 3. The lowest BCUT2D eigenvalue weighted by molar-refractivity contribution is 0.0943. The SMILES string of the molecule is CC(C)NC(=O)c1ccc2c(c1)nnn2CCNC(=O)Nc1ccccc1Br. The van der Waals surface area contributed by atoms with E-state index in [0.29, 0.717) is 29.9 Å². The molecule has 2 aromatic carbocycles. The Labute approximate surface area is 170 Å². The fraction of sp³-hybridized carbons (Fsp3) is 0.263. The molecule has 3 amide bonds. The number of carbonyl (C=O) groups excluding carboxylic acids is 2. The highest BCUT2D eigenvalue weighted by Crippen LogP contribution is 2.20. The van der Waals surface area contributed by atoms with Gasteiger partial charge in [-0.15, -0.1) is 5.10 Å². The van der Waals surface area contributed by atoms with E-state index in [1.807, 2.05) is 44.2 Å². The Kier molecular flexibility index (Phi) is 6.25. The molecule has 0 aliphatic carbocycles. The smallest absolute Gasteiger partial charge is 0.319 e. The molecule has 0 atom stereocenters. The molecule has 28 heavy (non-hydrogen) atoms. The standard InChI is InChI=1S/C19H21BrN6O2/c1-12(2)22-18(27)13-7-8-17-16(11-13)24-25-26(17)10-9-21-19(28)23-15-6-4-3-5-14(15)20/h3-8,11-12H,9-10H2,1-2H3,(H,22,27)(H2,21,23,28). The van der Waals surface area contributed by atoms with Crippen LogP contribution in [-0.2, 0) is 6.54 Å². The summed E-state index contributed by atoms with van der Waals surface area (Å²) in [6.45, 7) is 4.65. The Morgan fingerprint density at radius 2 is 1.96 bits per heavy atom. The zero-order valence-electron chi connectivity index (χ0n) is 15.6. The molecule has 1 heterocycles. The zero-order chi connectivity index (χ0) is 20.1. The Balaban J connectivity index is 1.58. The molecule has 3 N–H and O–H groups in total. The van der Waals surface area contributed by atoms with Gasteiger partial charge in [0.05, 0.1) is 17.7 Å². The number of nitrogens with one attached hydrogen (secondary N) is 3. The summed E-state index contributed by atoms with van der Waals surface area (Å²) >= 11 is 3.39. The maximum atomic E-state index is 12.1. The number of carbonyl (C=O) groups is 2. The van der Waals surface area contributed by atoms with Gasteiger partial charge in [0.2, 0.25) is 0 Å². The number of urea groups is 1. The van der Waals surface area contributed by atoms with E-state index in [-0.39, 0.29) is 18.0 Å². The van der Waals surface area contributed by atoms with Gasteiger partial charge in [0.1, 0.15) is 5.52 Å². The van der Waals surface area contributed by atoms with Crippen LogP contribution in [0.25, 0.3) is 11.0 Å². The Hall–Kier alpha value is -2.94. The predicted molar refractivity (Wildman–Crippen MR) is 111 cm³/mol. The number of fused-ring (bicyclic) bond motifs is 1. The van der Waals surface area contributed by atoms with Crippen molar-refractivity contribution in [3.63, 3.8) is 0 Å². The number of hydrogen-bond donors (Lipinski definition) is 3. The second-order valence-corrected chi connectivity index (χ2v) is 7.36. The molecule has 0 saturated carbocycles. The van der Waals surface area contributed by atoms with Gasteiger partial charge >= 0.3 is 6.03 Å². The van der Waals surface area contributed by atoms with Crippen LogP contribution in [0.4, 0.5) is 10.5 Å². The minimum Gasteiger partial charge on any atom is -0.350 e.